The number of nitriles is 1. The van der Waals surface area contributed by atoms with E-state index in [2.05, 4.69) is 11.1 Å². The summed E-state index contributed by atoms with van der Waals surface area (Å²) in [7, 11) is 0. The van der Waals surface area contributed by atoms with E-state index in [9.17, 15) is 28.0 Å². The van der Waals surface area contributed by atoms with E-state index in [4.69, 9.17) is 0 Å². The normalized spacial score (nSPS) is 22.1. The third-order valence-electron chi connectivity index (χ3n) is 5.66. The van der Waals surface area contributed by atoms with Gasteiger partial charge < -0.3 is 10.2 Å². The van der Waals surface area contributed by atoms with Crippen LogP contribution in [0.2, 0.25) is 0 Å². The Balaban J connectivity index is 1.50. The van der Waals surface area contributed by atoms with Crippen LogP contribution in [-0.4, -0.2) is 65.7 Å². The van der Waals surface area contributed by atoms with Crippen molar-refractivity contribution in [3.63, 3.8) is 0 Å². The average Bonchev–Trinajstić information content (AvgIpc) is 3.06. The number of pyridine rings is 1. The molecule has 2 aliphatic heterocycles. The lowest BCUT2D eigenvalue weighted by Gasteiger charge is -2.37. The Morgan fingerprint density at radius 3 is 2.38 bits per heavy atom. The van der Waals surface area contributed by atoms with Crippen LogP contribution in [0.3, 0.4) is 0 Å². The summed E-state index contributed by atoms with van der Waals surface area (Å²) >= 11 is 0. The van der Waals surface area contributed by atoms with Gasteiger partial charge in [-0.2, -0.15) is 18.4 Å². The van der Waals surface area contributed by atoms with Crippen LogP contribution in [0.4, 0.5) is 23.8 Å². The monoisotopic (exact) mass is 444 g/mol. The van der Waals surface area contributed by atoms with Gasteiger partial charge in [-0.25, -0.2) is 14.7 Å². The molecule has 0 aliphatic carbocycles. The number of rotatable bonds is 4. The summed E-state index contributed by atoms with van der Waals surface area (Å²) in [4.78, 5) is 33.9. The minimum absolute atomic E-state index is 0.267. The first-order valence-electron chi connectivity index (χ1n) is 9.86. The summed E-state index contributed by atoms with van der Waals surface area (Å²) < 4.78 is 42.2. The molecule has 32 heavy (non-hydrogen) atoms. The Hall–Kier alpha value is -3.65. The fraction of sp³-hybridized carbons (Fsp3) is 0.333. The molecule has 0 radical (unpaired) electrons. The number of aromatic nitrogens is 1. The van der Waals surface area contributed by atoms with Gasteiger partial charge in [0.25, 0.3) is 5.91 Å². The Bertz CT molecular complexity index is 1060. The first-order valence-corrected chi connectivity index (χ1v) is 9.86. The third-order valence-corrected chi connectivity index (χ3v) is 5.66. The van der Waals surface area contributed by atoms with Crippen LogP contribution in [0.5, 0.6) is 0 Å². The zero-order valence-electron chi connectivity index (χ0n) is 16.8. The Morgan fingerprint density at radius 1 is 1.06 bits per heavy atom. The lowest BCUT2D eigenvalue weighted by Crippen LogP contribution is -2.56. The van der Waals surface area contributed by atoms with Crippen molar-refractivity contribution in [2.75, 3.05) is 37.7 Å². The number of benzene rings is 1. The number of alkyl halides is 3. The highest BCUT2D eigenvalue weighted by Crippen LogP contribution is 2.43. The number of carbonyl (C=O) groups is 2. The van der Waals surface area contributed by atoms with Gasteiger partial charge in [-0.3, -0.25) is 9.69 Å². The molecular weight excluding hydrogens is 425 g/mol. The minimum atomic E-state index is -5.01. The molecule has 166 valence electrons. The van der Waals surface area contributed by atoms with Crippen molar-refractivity contribution in [2.45, 2.75) is 11.7 Å². The maximum absolute atomic E-state index is 14.1. The van der Waals surface area contributed by atoms with Crippen molar-refractivity contribution in [1.29, 1.82) is 5.26 Å². The molecular formula is C21H19F3N6O2. The predicted molar refractivity (Wildman–Crippen MR) is 107 cm³/mol. The molecule has 2 aliphatic rings. The van der Waals surface area contributed by atoms with E-state index >= 15 is 0 Å². The molecule has 1 aromatic carbocycles. The van der Waals surface area contributed by atoms with Crippen molar-refractivity contribution < 1.29 is 22.8 Å². The highest BCUT2D eigenvalue weighted by molar-refractivity contribution is 6.08. The van der Waals surface area contributed by atoms with Crippen LogP contribution in [0, 0.1) is 11.3 Å². The molecule has 4 rings (SSSR count). The molecule has 1 atom stereocenters. The quantitative estimate of drug-likeness (QED) is 0.726. The van der Waals surface area contributed by atoms with Gasteiger partial charge in [0.2, 0.25) is 5.54 Å². The fourth-order valence-corrected chi connectivity index (χ4v) is 3.98. The first-order chi connectivity index (χ1) is 15.3. The summed E-state index contributed by atoms with van der Waals surface area (Å²) in [5.41, 5.74) is -3.02. The summed E-state index contributed by atoms with van der Waals surface area (Å²) in [6, 6.07) is 11.0. The summed E-state index contributed by atoms with van der Waals surface area (Å²) in [5, 5.41) is 11.1. The van der Waals surface area contributed by atoms with Crippen molar-refractivity contribution >= 4 is 17.8 Å². The number of piperazine rings is 1. The van der Waals surface area contributed by atoms with E-state index in [1.807, 2.05) is 10.2 Å². The molecule has 3 amide bonds. The zero-order valence-corrected chi connectivity index (χ0v) is 16.8. The second kappa shape index (κ2) is 8.12. The number of imide groups is 1. The second-order valence-corrected chi connectivity index (χ2v) is 7.51. The number of nitrogens with one attached hydrogen (secondary N) is 1. The number of carbonyl (C=O) groups excluding carboxylic acids is 2. The number of hydrogen-bond acceptors (Lipinski definition) is 6. The Labute approximate surface area is 181 Å². The summed E-state index contributed by atoms with van der Waals surface area (Å²) in [5.74, 6) is -0.815. The van der Waals surface area contributed by atoms with Gasteiger partial charge in [0.05, 0.1) is 12.2 Å². The van der Waals surface area contributed by atoms with E-state index in [1.165, 1.54) is 30.3 Å². The lowest BCUT2D eigenvalue weighted by atomic mass is 9.89. The molecule has 8 nitrogen and oxygen atoms in total. The van der Waals surface area contributed by atoms with E-state index in [0.29, 0.717) is 42.5 Å². The second-order valence-electron chi connectivity index (χ2n) is 7.51. The fourth-order valence-electron chi connectivity index (χ4n) is 3.98. The van der Waals surface area contributed by atoms with Gasteiger partial charge in [0.1, 0.15) is 11.9 Å². The molecule has 11 heteroatoms. The van der Waals surface area contributed by atoms with Crippen LogP contribution in [0.25, 0.3) is 0 Å². The van der Waals surface area contributed by atoms with E-state index < -0.39 is 23.7 Å². The minimum Gasteiger partial charge on any atom is -0.353 e. The van der Waals surface area contributed by atoms with Crippen molar-refractivity contribution in [2.24, 2.45) is 0 Å². The van der Waals surface area contributed by atoms with Gasteiger partial charge in [0, 0.05) is 32.4 Å². The van der Waals surface area contributed by atoms with E-state index in [-0.39, 0.29) is 12.2 Å². The van der Waals surface area contributed by atoms with Gasteiger partial charge in [-0.15, -0.1) is 0 Å². The summed E-state index contributed by atoms with van der Waals surface area (Å²) in [6.07, 6.45) is -3.43. The van der Waals surface area contributed by atoms with E-state index in [1.54, 1.807) is 23.2 Å². The van der Waals surface area contributed by atoms with Gasteiger partial charge in [-0.1, -0.05) is 30.3 Å². The average molecular weight is 444 g/mol. The Kier molecular flexibility index (Phi) is 5.48. The lowest BCUT2D eigenvalue weighted by molar-refractivity contribution is -0.198. The number of anilines is 1. The van der Waals surface area contributed by atoms with Crippen molar-refractivity contribution in [3.05, 3.63) is 59.8 Å². The molecule has 0 spiro atoms. The van der Waals surface area contributed by atoms with Gasteiger partial charge >= 0.3 is 12.2 Å². The van der Waals surface area contributed by atoms with Crippen LogP contribution in [0.15, 0.2) is 48.7 Å². The van der Waals surface area contributed by atoms with Crippen LogP contribution >= 0.6 is 0 Å². The van der Waals surface area contributed by atoms with Gasteiger partial charge in [-0.05, 0) is 17.7 Å². The maximum Gasteiger partial charge on any atom is 0.425 e. The van der Waals surface area contributed by atoms with Crippen molar-refractivity contribution in [3.8, 4) is 6.07 Å². The highest BCUT2D eigenvalue weighted by Gasteiger charge is 2.68. The highest BCUT2D eigenvalue weighted by atomic mass is 19.4. The molecule has 1 aromatic heterocycles. The smallest absolute Gasteiger partial charge is 0.353 e. The van der Waals surface area contributed by atoms with Crippen LogP contribution < -0.4 is 10.2 Å². The number of halogens is 3. The molecule has 2 aromatic rings. The number of hydrogen-bond donors (Lipinski definition) is 1. The molecule has 0 bridgehead atoms. The molecule has 1 unspecified atom stereocenters. The predicted octanol–water partition coefficient (Wildman–Crippen LogP) is 2.04. The Morgan fingerprint density at radius 2 is 1.75 bits per heavy atom. The standard InChI is InChI=1S/C21H19F3N6O2/c22-21(23,24)20(16-6-2-1-3-7-16)18(31)30(19(32)27-20)14-28-9-11-29(12-10-28)17-15(13-25)5-4-8-26-17/h1-8H,9-12,14H2,(H,27,32). The summed E-state index contributed by atoms with van der Waals surface area (Å²) in [6.45, 7) is 1.37. The van der Waals surface area contributed by atoms with Gasteiger partial charge in [0.15, 0.2) is 0 Å². The largest absolute Gasteiger partial charge is 0.425 e. The molecule has 2 fully saturated rings. The molecule has 1 N–H and O–H groups in total. The maximum atomic E-state index is 14.1. The van der Waals surface area contributed by atoms with Crippen LogP contribution in [-0.2, 0) is 10.3 Å². The molecule has 0 saturated carbocycles. The van der Waals surface area contributed by atoms with Crippen molar-refractivity contribution in [1.82, 2.24) is 20.1 Å². The molecule has 2 saturated heterocycles. The first kappa shape index (κ1) is 21.6. The SMILES string of the molecule is N#Cc1cccnc1N1CCN(CN2C(=O)NC(c3ccccc3)(C(F)(F)F)C2=O)CC1. The number of nitrogens with zero attached hydrogens (tertiary/aromatic N) is 5. The number of amides is 3. The van der Waals surface area contributed by atoms with Crippen LogP contribution in [0.1, 0.15) is 11.1 Å². The van der Waals surface area contributed by atoms with E-state index in [0.717, 1.165) is 0 Å². The third kappa shape index (κ3) is 3.52. The topological polar surface area (TPSA) is 92.6 Å². The number of urea groups is 1. The zero-order chi connectivity index (χ0) is 22.9. The molecule has 3 heterocycles.